The first-order valence-corrected chi connectivity index (χ1v) is 6.08. The Morgan fingerprint density at radius 1 is 1.44 bits per heavy atom. The van der Waals surface area contributed by atoms with Gasteiger partial charge < -0.3 is 10.0 Å². The van der Waals surface area contributed by atoms with Gasteiger partial charge in [-0.15, -0.1) is 0 Å². The van der Waals surface area contributed by atoms with Crippen LogP contribution in [0.5, 0.6) is 0 Å². The Bertz CT molecular complexity index is 378. The van der Waals surface area contributed by atoms with E-state index < -0.39 is 0 Å². The molecule has 1 aliphatic rings. The van der Waals surface area contributed by atoms with E-state index in [1.165, 1.54) is 0 Å². The van der Waals surface area contributed by atoms with E-state index in [1.807, 2.05) is 24.3 Å². The first-order chi connectivity index (χ1) is 7.57. The molecule has 16 heavy (non-hydrogen) atoms. The van der Waals surface area contributed by atoms with Crippen LogP contribution in [-0.4, -0.2) is 23.8 Å². The molecule has 2 nitrogen and oxygen atoms in total. The van der Waals surface area contributed by atoms with Crippen molar-refractivity contribution in [1.82, 2.24) is 0 Å². The smallest absolute Gasteiger partial charge is 0.0639 e. The fourth-order valence-corrected chi connectivity index (χ4v) is 2.80. The number of halogens is 1. The maximum atomic E-state index is 9.38. The summed E-state index contributed by atoms with van der Waals surface area (Å²) in [6.45, 7) is 5.55. The monoisotopic (exact) mass is 239 g/mol. The predicted molar refractivity (Wildman–Crippen MR) is 68.1 cm³/mol. The van der Waals surface area contributed by atoms with Crippen molar-refractivity contribution in [3.63, 3.8) is 0 Å². The van der Waals surface area contributed by atoms with Crippen LogP contribution in [0.4, 0.5) is 5.69 Å². The molecule has 1 aromatic carbocycles. The van der Waals surface area contributed by atoms with Gasteiger partial charge >= 0.3 is 0 Å². The van der Waals surface area contributed by atoms with Gasteiger partial charge in [0.05, 0.1) is 10.7 Å². The molecule has 0 aromatic heterocycles. The number of aliphatic hydroxyl groups excluding tert-OH is 1. The van der Waals surface area contributed by atoms with Crippen LogP contribution in [0, 0.1) is 5.92 Å². The Kier molecular flexibility index (Phi) is 3.13. The fourth-order valence-electron chi connectivity index (χ4n) is 2.56. The van der Waals surface area contributed by atoms with E-state index in [4.69, 9.17) is 11.6 Å². The van der Waals surface area contributed by atoms with Gasteiger partial charge in [-0.1, -0.05) is 23.7 Å². The number of hydrogen-bond acceptors (Lipinski definition) is 2. The Morgan fingerprint density at radius 3 is 2.69 bits per heavy atom. The third-order valence-electron chi connectivity index (χ3n) is 3.76. The summed E-state index contributed by atoms with van der Waals surface area (Å²) in [6, 6.07) is 7.91. The lowest BCUT2D eigenvalue weighted by Gasteiger charge is -2.37. The summed E-state index contributed by atoms with van der Waals surface area (Å²) in [5, 5.41) is 10.2. The molecule has 1 heterocycles. The average Bonchev–Trinajstić information content (AvgIpc) is 2.54. The molecule has 1 aromatic rings. The summed E-state index contributed by atoms with van der Waals surface area (Å²) < 4.78 is 0. The molecular weight excluding hydrogens is 222 g/mol. The molecule has 0 aliphatic carbocycles. The second kappa shape index (κ2) is 4.27. The topological polar surface area (TPSA) is 23.5 Å². The van der Waals surface area contributed by atoms with Gasteiger partial charge in [0.2, 0.25) is 0 Å². The van der Waals surface area contributed by atoms with Crippen molar-refractivity contribution in [2.45, 2.75) is 25.8 Å². The second-order valence-electron chi connectivity index (χ2n) is 4.92. The highest BCUT2D eigenvalue weighted by molar-refractivity contribution is 6.33. The van der Waals surface area contributed by atoms with Crippen LogP contribution in [0.2, 0.25) is 5.02 Å². The number of para-hydroxylation sites is 1. The van der Waals surface area contributed by atoms with Crippen molar-refractivity contribution in [3.05, 3.63) is 29.3 Å². The minimum absolute atomic E-state index is 0.0280. The molecule has 1 fully saturated rings. The Hall–Kier alpha value is -0.730. The first-order valence-electron chi connectivity index (χ1n) is 5.70. The van der Waals surface area contributed by atoms with Crippen LogP contribution in [0.1, 0.15) is 20.3 Å². The van der Waals surface area contributed by atoms with Crippen molar-refractivity contribution < 1.29 is 5.11 Å². The highest BCUT2D eigenvalue weighted by Crippen LogP contribution is 2.40. The van der Waals surface area contributed by atoms with Crippen molar-refractivity contribution in [2.24, 2.45) is 5.92 Å². The normalized spacial score (nSPS) is 23.8. The van der Waals surface area contributed by atoms with Crippen LogP contribution in [0.25, 0.3) is 0 Å². The van der Waals surface area contributed by atoms with Gasteiger partial charge in [-0.05, 0) is 32.4 Å². The molecule has 1 atom stereocenters. The molecule has 0 bridgehead atoms. The number of rotatable bonds is 2. The van der Waals surface area contributed by atoms with E-state index in [1.54, 1.807) is 0 Å². The molecule has 1 unspecified atom stereocenters. The van der Waals surface area contributed by atoms with Gasteiger partial charge in [-0.3, -0.25) is 0 Å². The van der Waals surface area contributed by atoms with Crippen LogP contribution in [-0.2, 0) is 0 Å². The summed E-state index contributed by atoms with van der Waals surface area (Å²) in [6.07, 6.45) is 1.02. The highest BCUT2D eigenvalue weighted by Gasteiger charge is 2.41. The van der Waals surface area contributed by atoms with Crippen LogP contribution in [0.15, 0.2) is 24.3 Å². The highest BCUT2D eigenvalue weighted by atomic mass is 35.5. The minimum atomic E-state index is -0.0280. The lowest BCUT2D eigenvalue weighted by atomic mass is 9.89. The zero-order valence-corrected chi connectivity index (χ0v) is 10.5. The average molecular weight is 240 g/mol. The van der Waals surface area contributed by atoms with E-state index in [0.717, 1.165) is 23.7 Å². The molecule has 1 aliphatic heterocycles. The van der Waals surface area contributed by atoms with Gasteiger partial charge in [-0.2, -0.15) is 0 Å². The summed E-state index contributed by atoms with van der Waals surface area (Å²) in [5.41, 5.74) is 1.05. The minimum Gasteiger partial charge on any atom is -0.396 e. The molecule has 0 saturated carbocycles. The lowest BCUT2D eigenvalue weighted by molar-refractivity contribution is 0.189. The lowest BCUT2D eigenvalue weighted by Crippen LogP contribution is -2.43. The standard InChI is InChI=1S/C13H18ClNO/c1-13(2)10(9-16)7-8-15(13)12-6-4-3-5-11(12)14/h3-6,10,16H,7-9H2,1-2H3. The molecule has 0 spiro atoms. The Morgan fingerprint density at radius 2 is 2.12 bits per heavy atom. The number of anilines is 1. The first kappa shape index (κ1) is 11.7. The van der Waals surface area contributed by atoms with Crippen molar-refractivity contribution in [3.8, 4) is 0 Å². The second-order valence-corrected chi connectivity index (χ2v) is 5.33. The van der Waals surface area contributed by atoms with Crippen molar-refractivity contribution in [2.75, 3.05) is 18.1 Å². The largest absolute Gasteiger partial charge is 0.396 e. The number of aliphatic hydroxyl groups is 1. The molecule has 1 N–H and O–H groups in total. The van der Waals surface area contributed by atoms with Gasteiger partial charge in [0.15, 0.2) is 0 Å². The molecule has 1 saturated heterocycles. The quantitative estimate of drug-likeness (QED) is 0.858. The van der Waals surface area contributed by atoms with E-state index in [9.17, 15) is 5.11 Å². The summed E-state index contributed by atoms with van der Waals surface area (Å²) in [4.78, 5) is 2.30. The van der Waals surface area contributed by atoms with E-state index in [-0.39, 0.29) is 12.1 Å². The molecule has 2 rings (SSSR count). The Balaban J connectivity index is 2.33. The van der Waals surface area contributed by atoms with E-state index >= 15 is 0 Å². The molecule has 88 valence electrons. The molecule has 0 radical (unpaired) electrons. The number of hydrogen-bond donors (Lipinski definition) is 1. The van der Waals surface area contributed by atoms with Crippen LogP contribution >= 0.6 is 11.6 Å². The van der Waals surface area contributed by atoms with Gasteiger partial charge in [0.25, 0.3) is 0 Å². The van der Waals surface area contributed by atoms with Gasteiger partial charge in [0, 0.05) is 24.6 Å². The summed E-state index contributed by atoms with van der Waals surface area (Å²) >= 11 is 6.22. The number of benzene rings is 1. The van der Waals surface area contributed by atoms with Gasteiger partial charge in [0.1, 0.15) is 0 Å². The summed E-state index contributed by atoms with van der Waals surface area (Å²) in [5.74, 6) is 0.323. The third kappa shape index (κ3) is 1.80. The molecular formula is C13H18ClNO. The summed E-state index contributed by atoms with van der Waals surface area (Å²) in [7, 11) is 0. The van der Waals surface area contributed by atoms with Crippen LogP contribution in [0.3, 0.4) is 0 Å². The molecule has 0 amide bonds. The predicted octanol–water partition coefficient (Wildman–Crippen LogP) is 2.94. The SMILES string of the molecule is CC1(C)C(CO)CCN1c1ccccc1Cl. The zero-order valence-electron chi connectivity index (χ0n) is 9.78. The van der Waals surface area contributed by atoms with Gasteiger partial charge in [-0.25, -0.2) is 0 Å². The molecule has 3 heteroatoms. The third-order valence-corrected chi connectivity index (χ3v) is 4.08. The van der Waals surface area contributed by atoms with Crippen molar-refractivity contribution in [1.29, 1.82) is 0 Å². The maximum Gasteiger partial charge on any atom is 0.0639 e. The van der Waals surface area contributed by atoms with Crippen LogP contribution < -0.4 is 4.90 Å². The Labute approximate surface area is 102 Å². The fraction of sp³-hybridized carbons (Fsp3) is 0.538. The zero-order chi connectivity index (χ0) is 11.8. The van der Waals surface area contributed by atoms with Crippen molar-refractivity contribution >= 4 is 17.3 Å². The number of nitrogens with zero attached hydrogens (tertiary/aromatic N) is 1. The van der Waals surface area contributed by atoms with E-state index in [2.05, 4.69) is 18.7 Å². The maximum absolute atomic E-state index is 9.38. The van der Waals surface area contributed by atoms with E-state index in [0.29, 0.717) is 5.92 Å².